The van der Waals surface area contributed by atoms with E-state index >= 15 is 0 Å². The summed E-state index contributed by atoms with van der Waals surface area (Å²) in [6.45, 7) is 8.05. The highest BCUT2D eigenvalue weighted by molar-refractivity contribution is 5.90. The molecule has 5 aliphatic rings. The van der Waals surface area contributed by atoms with Crippen LogP contribution in [0.4, 0.5) is 5.82 Å². The van der Waals surface area contributed by atoms with Crippen LogP contribution in [0.15, 0.2) is 43.1 Å². The average molecular weight is 576 g/mol. The molecule has 4 fully saturated rings. The lowest BCUT2D eigenvalue weighted by molar-refractivity contribution is -0.128. The summed E-state index contributed by atoms with van der Waals surface area (Å²) >= 11 is 0. The second-order valence-corrected chi connectivity index (χ2v) is 13.0. The summed E-state index contributed by atoms with van der Waals surface area (Å²) < 4.78 is 6.48. The molecule has 0 N–H and O–H groups in total. The van der Waals surface area contributed by atoms with Crippen molar-refractivity contribution in [3.05, 3.63) is 54.2 Å². The highest BCUT2D eigenvalue weighted by Crippen LogP contribution is 2.58. The van der Waals surface area contributed by atoms with Gasteiger partial charge in [0.15, 0.2) is 5.82 Å². The van der Waals surface area contributed by atoms with Gasteiger partial charge in [0.1, 0.15) is 12.1 Å². The van der Waals surface area contributed by atoms with Gasteiger partial charge in [0.05, 0.1) is 29.6 Å². The van der Waals surface area contributed by atoms with Crippen LogP contribution in [0.2, 0.25) is 0 Å². The van der Waals surface area contributed by atoms with Gasteiger partial charge in [-0.15, -0.1) is 0 Å². The molecule has 2 aromatic heterocycles. The standard InChI is InChI=1S/C34H37N7O2/c1-2-29(42)41-15-14-39(20-25(41)8-11-35)32-31-28(37-33(38-32)43-21-34-9-4-12-40(34)13-5-10-34)18-24(19-36-31)26-7-3-6-22-16-23-17-27(23)30(22)26/h2-3,6-7,18-19,23,25,27H,1,4-5,8-10,12-17,20-21H2/t23?,25-,27+/m0/s1. The second kappa shape index (κ2) is 10.3. The van der Waals surface area contributed by atoms with E-state index in [9.17, 15) is 10.1 Å². The normalized spacial score (nSPS) is 25.2. The first-order chi connectivity index (χ1) is 21.1. The number of amides is 1. The molecule has 1 saturated carbocycles. The number of carbonyl (C=O) groups excluding carboxylic acids is 1. The summed E-state index contributed by atoms with van der Waals surface area (Å²) in [5, 5.41) is 9.54. The number of benzene rings is 1. The van der Waals surface area contributed by atoms with Crippen molar-refractivity contribution in [2.24, 2.45) is 5.92 Å². The van der Waals surface area contributed by atoms with Crippen LogP contribution in [0.1, 0.15) is 55.6 Å². The Kier molecular flexibility index (Phi) is 6.37. The number of nitriles is 1. The summed E-state index contributed by atoms with van der Waals surface area (Å²) in [4.78, 5) is 33.9. The van der Waals surface area contributed by atoms with Crippen molar-refractivity contribution < 1.29 is 9.53 Å². The predicted octanol–water partition coefficient (Wildman–Crippen LogP) is 4.48. The number of aromatic nitrogens is 3. The van der Waals surface area contributed by atoms with E-state index in [-0.39, 0.29) is 23.9 Å². The zero-order chi connectivity index (χ0) is 29.1. The Morgan fingerprint density at radius 3 is 2.86 bits per heavy atom. The van der Waals surface area contributed by atoms with Gasteiger partial charge in [0, 0.05) is 31.4 Å². The van der Waals surface area contributed by atoms with Gasteiger partial charge in [-0.05, 0) is 92.3 Å². The molecule has 0 bridgehead atoms. The van der Waals surface area contributed by atoms with E-state index in [1.165, 1.54) is 48.4 Å². The van der Waals surface area contributed by atoms with Gasteiger partial charge in [0.25, 0.3) is 0 Å². The molecule has 2 aliphatic carbocycles. The van der Waals surface area contributed by atoms with Gasteiger partial charge in [0.2, 0.25) is 5.91 Å². The number of nitrogens with zero attached hydrogens (tertiary/aromatic N) is 7. The molecule has 3 aliphatic heterocycles. The lowest BCUT2D eigenvalue weighted by Gasteiger charge is -2.40. The Labute approximate surface area is 252 Å². The van der Waals surface area contributed by atoms with E-state index in [1.807, 2.05) is 6.20 Å². The molecule has 9 heteroatoms. The van der Waals surface area contributed by atoms with Crippen LogP contribution in [0.3, 0.4) is 0 Å². The molecule has 3 saturated heterocycles. The largest absolute Gasteiger partial charge is 0.461 e. The van der Waals surface area contributed by atoms with E-state index in [0.29, 0.717) is 49.5 Å². The number of fused-ring (bicyclic) bond motifs is 5. The zero-order valence-corrected chi connectivity index (χ0v) is 24.5. The van der Waals surface area contributed by atoms with E-state index in [0.717, 1.165) is 42.9 Å². The van der Waals surface area contributed by atoms with Crippen LogP contribution in [-0.4, -0.2) is 81.6 Å². The van der Waals surface area contributed by atoms with Crippen LogP contribution < -0.4 is 9.64 Å². The minimum absolute atomic E-state index is 0.0819. The smallest absolute Gasteiger partial charge is 0.319 e. The quantitative estimate of drug-likeness (QED) is 0.381. The summed E-state index contributed by atoms with van der Waals surface area (Å²) in [6, 6.07) is 11.2. The van der Waals surface area contributed by atoms with Crippen molar-refractivity contribution in [1.29, 1.82) is 5.26 Å². The molecule has 3 atom stereocenters. The van der Waals surface area contributed by atoms with Crippen molar-refractivity contribution in [1.82, 2.24) is 24.8 Å². The minimum Gasteiger partial charge on any atom is -0.461 e. The fraction of sp³-hybridized carbons (Fsp3) is 0.500. The Bertz CT molecular complexity index is 1650. The Morgan fingerprint density at radius 2 is 2.05 bits per heavy atom. The van der Waals surface area contributed by atoms with Crippen LogP contribution in [0.5, 0.6) is 6.01 Å². The Hall–Kier alpha value is -4.03. The van der Waals surface area contributed by atoms with Crippen molar-refractivity contribution in [2.45, 2.75) is 62.4 Å². The van der Waals surface area contributed by atoms with E-state index < -0.39 is 0 Å². The third kappa shape index (κ3) is 4.46. The number of anilines is 1. The number of hydrogen-bond donors (Lipinski definition) is 0. The number of hydrogen-bond acceptors (Lipinski definition) is 8. The molecular weight excluding hydrogens is 538 g/mol. The molecular formula is C34H37N7O2. The lowest BCUT2D eigenvalue weighted by atomic mass is 9.95. The molecule has 5 heterocycles. The first-order valence-corrected chi connectivity index (χ1v) is 15.8. The van der Waals surface area contributed by atoms with Crippen molar-refractivity contribution >= 4 is 22.8 Å². The predicted molar refractivity (Wildman–Crippen MR) is 164 cm³/mol. The molecule has 220 valence electrons. The summed E-state index contributed by atoms with van der Waals surface area (Å²) in [6.07, 6.45) is 10.7. The number of ether oxygens (including phenoxy) is 1. The molecule has 43 heavy (non-hydrogen) atoms. The number of piperazine rings is 1. The number of rotatable bonds is 7. The van der Waals surface area contributed by atoms with Crippen LogP contribution >= 0.6 is 0 Å². The molecule has 8 rings (SSSR count). The van der Waals surface area contributed by atoms with Gasteiger partial charge >= 0.3 is 6.01 Å². The van der Waals surface area contributed by atoms with Gasteiger partial charge in [-0.3, -0.25) is 14.7 Å². The molecule has 1 amide bonds. The molecule has 1 aromatic carbocycles. The molecule has 1 unspecified atom stereocenters. The van der Waals surface area contributed by atoms with E-state index in [1.54, 1.807) is 4.90 Å². The SMILES string of the molecule is C=CC(=O)N1CCN(c2nc(OCC34CCCN3CCC4)nc3cc(-c4cccc5c4[C@@H]4CC4C5)cnc23)C[C@@H]1CC#N. The number of carbonyl (C=O) groups is 1. The average Bonchev–Trinajstić information content (AvgIpc) is 3.32. The molecule has 0 spiro atoms. The van der Waals surface area contributed by atoms with E-state index in [2.05, 4.69) is 46.7 Å². The minimum atomic E-state index is -0.263. The summed E-state index contributed by atoms with van der Waals surface area (Å²) in [5.41, 5.74) is 6.85. The maximum Gasteiger partial charge on any atom is 0.319 e. The van der Waals surface area contributed by atoms with E-state index in [4.69, 9.17) is 19.7 Å². The summed E-state index contributed by atoms with van der Waals surface area (Å²) in [7, 11) is 0. The third-order valence-electron chi connectivity index (χ3n) is 10.6. The monoisotopic (exact) mass is 575 g/mol. The molecule has 3 aromatic rings. The summed E-state index contributed by atoms with van der Waals surface area (Å²) in [5.74, 6) is 2.03. The van der Waals surface area contributed by atoms with Gasteiger partial charge < -0.3 is 14.5 Å². The van der Waals surface area contributed by atoms with Gasteiger partial charge in [-0.25, -0.2) is 0 Å². The Morgan fingerprint density at radius 1 is 1.19 bits per heavy atom. The fourth-order valence-corrected chi connectivity index (χ4v) is 8.40. The zero-order valence-electron chi connectivity index (χ0n) is 24.5. The maximum absolute atomic E-state index is 12.6. The fourth-order valence-electron chi connectivity index (χ4n) is 8.40. The van der Waals surface area contributed by atoms with Gasteiger partial charge in [-0.1, -0.05) is 24.8 Å². The second-order valence-electron chi connectivity index (χ2n) is 13.0. The lowest BCUT2D eigenvalue weighted by Crippen LogP contribution is -2.55. The highest BCUT2D eigenvalue weighted by atomic mass is 16.5. The Balaban J connectivity index is 1.18. The molecule has 9 nitrogen and oxygen atoms in total. The van der Waals surface area contributed by atoms with Crippen LogP contribution in [0, 0.1) is 17.2 Å². The highest BCUT2D eigenvalue weighted by Gasteiger charge is 2.47. The number of pyridine rings is 1. The van der Waals surface area contributed by atoms with Gasteiger partial charge in [-0.2, -0.15) is 15.2 Å². The van der Waals surface area contributed by atoms with Crippen LogP contribution in [0.25, 0.3) is 22.2 Å². The first-order valence-electron chi connectivity index (χ1n) is 15.8. The third-order valence-corrected chi connectivity index (χ3v) is 10.6. The molecule has 0 radical (unpaired) electrons. The topological polar surface area (TPSA) is 98.5 Å². The van der Waals surface area contributed by atoms with Crippen molar-refractivity contribution in [3.8, 4) is 23.2 Å². The maximum atomic E-state index is 12.6. The van der Waals surface area contributed by atoms with Crippen molar-refractivity contribution in [2.75, 3.05) is 44.2 Å². The first kappa shape index (κ1) is 26.6. The van der Waals surface area contributed by atoms with Crippen molar-refractivity contribution in [3.63, 3.8) is 0 Å². The van der Waals surface area contributed by atoms with Crippen LogP contribution in [-0.2, 0) is 11.2 Å².